The van der Waals surface area contributed by atoms with Crippen LogP contribution in [0.5, 0.6) is 0 Å². The molecule has 33 heavy (non-hydrogen) atoms. The number of pyridine rings is 1. The number of hydrogen-bond donors (Lipinski definition) is 1. The molecule has 2 aliphatic heterocycles. The summed E-state index contributed by atoms with van der Waals surface area (Å²) in [7, 11) is 1.30. The zero-order valence-corrected chi connectivity index (χ0v) is 18.3. The van der Waals surface area contributed by atoms with E-state index >= 15 is 0 Å². The number of ether oxygens (including phenoxy) is 2. The van der Waals surface area contributed by atoms with E-state index in [0.717, 1.165) is 13.1 Å². The summed E-state index contributed by atoms with van der Waals surface area (Å²) in [6, 6.07) is 8.87. The first-order chi connectivity index (χ1) is 16.0. The molecule has 1 N–H and O–H groups in total. The van der Waals surface area contributed by atoms with Crippen LogP contribution in [0.15, 0.2) is 54.4 Å². The summed E-state index contributed by atoms with van der Waals surface area (Å²) in [6.07, 6.45) is 3.01. The number of hydrogen-bond acceptors (Lipinski definition) is 8. The van der Waals surface area contributed by atoms with Crippen LogP contribution >= 0.6 is 0 Å². The van der Waals surface area contributed by atoms with Gasteiger partial charge < -0.3 is 19.5 Å². The van der Waals surface area contributed by atoms with Gasteiger partial charge in [-0.3, -0.25) is 19.5 Å². The number of morpholine rings is 1. The summed E-state index contributed by atoms with van der Waals surface area (Å²) in [6.45, 7) is 3.63. The molecule has 9 nitrogen and oxygen atoms in total. The van der Waals surface area contributed by atoms with Gasteiger partial charge >= 0.3 is 5.97 Å². The fourth-order valence-electron chi connectivity index (χ4n) is 4.12. The lowest BCUT2D eigenvalue weighted by Gasteiger charge is -2.31. The van der Waals surface area contributed by atoms with E-state index in [1.54, 1.807) is 36.4 Å². The third-order valence-corrected chi connectivity index (χ3v) is 5.90. The van der Waals surface area contributed by atoms with Crippen molar-refractivity contribution in [1.82, 2.24) is 14.8 Å². The van der Waals surface area contributed by atoms with Crippen molar-refractivity contribution in [2.75, 3.05) is 46.5 Å². The average Bonchev–Trinajstić information content (AvgIpc) is 3.12. The fourth-order valence-corrected chi connectivity index (χ4v) is 4.12. The molecular weight excluding hydrogens is 426 g/mol. The van der Waals surface area contributed by atoms with Gasteiger partial charge in [0.2, 0.25) is 0 Å². The molecule has 9 heteroatoms. The minimum Gasteiger partial charge on any atom is -0.507 e. The van der Waals surface area contributed by atoms with E-state index in [2.05, 4.69) is 9.88 Å². The second-order valence-corrected chi connectivity index (χ2v) is 7.80. The number of rotatable bonds is 6. The standard InChI is InChI=1S/C24H25N3O6/c1-32-24(31)18-4-2-16(3-5-18)20-19(21(28)17-6-8-25-9-7-17)22(29)23(30)27(20)11-10-26-12-14-33-15-13-26/h2-9,20,28H,10-15H2,1H3/b21-19+/t20-/m1/s1. The normalized spacial score (nSPS) is 20.8. The number of carbonyl (C=O) groups is 3. The van der Waals surface area contributed by atoms with E-state index in [-0.39, 0.29) is 11.3 Å². The zero-order chi connectivity index (χ0) is 23.4. The lowest BCUT2D eigenvalue weighted by atomic mass is 9.95. The van der Waals surface area contributed by atoms with Crippen LogP contribution in [0.4, 0.5) is 0 Å². The first kappa shape index (κ1) is 22.6. The van der Waals surface area contributed by atoms with Crippen molar-refractivity contribution in [2.24, 2.45) is 0 Å². The van der Waals surface area contributed by atoms with Gasteiger partial charge in [-0.15, -0.1) is 0 Å². The maximum atomic E-state index is 13.1. The highest BCUT2D eigenvalue weighted by atomic mass is 16.5. The monoisotopic (exact) mass is 451 g/mol. The van der Waals surface area contributed by atoms with E-state index in [1.165, 1.54) is 24.4 Å². The van der Waals surface area contributed by atoms with Crippen molar-refractivity contribution in [1.29, 1.82) is 0 Å². The van der Waals surface area contributed by atoms with Gasteiger partial charge in [-0.05, 0) is 29.8 Å². The summed E-state index contributed by atoms with van der Waals surface area (Å²) in [5.74, 6) is -2.15. The minimum atomic E-state index is -0.786. The van der Waals surface area contributed by atoms with Crippen LogP contribution in [0.3, 0.4) is 0 Å². The van der Waals surface area contributed by atoms with Gasteiger partial charge in [0.15, 0.2) is 0 Å². The Kier molecular flexibility index (Phi) is 6.81. The Morgan fingerprint density at radius 3 is 2.36 bits per heavy atom. The summed E-state index contributed by atoms with van der Waals surface area (Å²) in [5, 5.41) is 11.0. The highest BCUT2D eigenvalue weighted by molar-refractivity contribution is 6.46. The number of likely N-dealkylation sites (tertiary alicyclic amines) is 1. The van der Waals surface area contributed by atoms with Crippen molar-refractivity contribution >= 4 is 23.4 Å². The first-order valence-corrected chi connectivity index (χ1v) is 10.7. The van der Waals surface area contributed by atoms with Gasteiger partial charge in [0.25, 0.3) is 11.7 Å². The first-order valence-electron chi connectivity index (χ1n) is 10.7. The lowest BCUT2D eigenvalue weighted by Crippen LogP contribution is -2.42. The molecule has 0 bridgehead atoms. The number of carbonyl (C=O) groups excluding carboxylic acids is 3. The Balaban J connectivity index is 1.72. The number of esters is 1. The van der Waals surface area contributed by atoms with Crippen LogP contribution in [0.2, 0.25) is 0 Å². The molecule has 1 atom stereocenters. The Bertz CT molecular complexity index is 1060. The molecule has 0 spiro atoms. The van der Waals surface area contributed by atoms with E-state index in [9.17, 15) is 19.5 Å². The van der Waals surface area contributed by atoms with Crippen molar-refractivity contribution in [3.05, 3.63) is 71.1 Å². The van der Waals surface area contributed by atoms with Gasteiger partial charge in [-0.1, -0.05) is 12.1 Å². The SMILES string of the molecule is COC(=O)c1ccc([C@@H]2/C(=C(\O)c3ccncc3)C(=O)C(=O)N2CCN2CCOCC2)cc1. The largest absolute Gasteiger partial charge is 0.507 e. The van der Waals surface area contributed by atoms with Crippen molar-refractivity contribution in [3.63, 3.8) is 0 Å². The third-order valence-electron chi connectivity index (χ3n) is 5.90. The maximum Gasteiger partial charge on any atom is 0.337 e. The number of ketones is 1. The van der Waals surface area contributed by atoms with E-state index in [1.807, 2.05) is 0 Å². The van der Waals surface area contributed by atoms with Crippen LogP contribution < -0.4 is 0 Å². The second-order valence-electron chi connectivity index (χ2n) is 7.80. The highest BCUT2D eigenvalue weighted by Crippen LogP contribution is 2.39. The number of aliphatic hydroxyl groups excluding tert-OH is 1. The molecule has 2 fully saturated rings. The van der Waals surface area contributed by atoms with E-state index in [4.69, 9.17) is 9.47 Å². The Hall–Kier alpha value is -3.56. The topological polar surface area (TPSA) is 109 Å². The maximum absolute atomic E-state index is 13.1. The number of benzene rings is 1. The molecule has 0 unspecified atom stereocenters. The molecule has 1 aromatic heterocycles. The molecular formula is C24H25N3O6. The third kappa shape index (κ3) is 4.64. The number of aliphatic hydroxyl groups is 1. The zero-order valence-electron chi connectivity index (χ0n) is 18.3. The lowest BCUT2D eigenvalue weighted by molar-refractivity contribution is -0.140. The molecule has 1 amide bonds. The number of nitrogens with zero attached hydrogens (tertiary/aromatic N) is 3. The molecule has 172 valence electrons. The minimum absolute atomic E-state index is 0.0130. The average molecular weight is 451 g/mol. The molecule has 2 aromatic rings. The molecule has 1 aromatic carbocycles. The molecule has 0 saturated carbocycles. The smallest absolute Gasteiger partial charge is 0.337 e. The molecule has 0 radical (unpaired) electrons. The predicted octanol–water partition coefficient (Wildman–Crippen LogP) is 1.62. The Labute approximate surface area is 191 Å². The summed E-state index contributed by atoms with van der Waals surface area (Å²) in [4.78, 5) is 45.5. The van der Waals surface area contributed by atoms with Crippen LogP contribution in [-0.4, -0.2) is 84.1 Å². The van der Waals surface area contributed by atoms with Crippen molar-refractivity contribution in [2.45, 2.75) is 6.04 Å². The van der Waals surface area contributed by atoms with Crippen LogP contribution in [0.25, 0.3) is 5.76 Å². The van der Waals surface area contributed by atoms with Gasteiger partial charge in [0.1, 0.15) is 5.76 Å². The second kappa shape index (κ2) is 9.93. The number of amides is 1. The highest BCUT2D eigenvalue weighted by Gasteiger charge is 2.46. The Morgan fingerprint density at radius 2 is 1.73 bits per heavy atom. The van der Waals surface area contributed by atoms with Crippen molar-refractivity contribution in [3.8, 4) is 0 Å². The van der Waals surface area contributed by atoms with Gasteiger partial charge in [-0.2, -0.15) is 0 Å². The van der Waals surface area contributed by atoms with E-state index in [0.29, 0.717) is 43.0 Å². The summed E-state index contributed by atoms with van der Waals surface area (Å²) >= 11 is 0. The van der Waals surface area contributed by atoms with Crippen molar-refractivity contribution < 1.29 is 29.0 Å². The number of aromatic nitrogens is 1. The molecule has 2 saturated heterocycles. The predicted molar refractivity (Wildman–Crippen MR) is 118 cm³/mol. The molecule has 0 aliphatic carbocycles. The quantitative estimate of drug-likeness (QED) is 0.305. The van der Waals surface area contributed by atoms with Crippen LogP contribution in [0, 0.1) is 0 Å². The van der Waals surface area contributed by atoms with Crippen LogP contribution in [-0.2, 0) is 19.1 Å². The molecule has 3 heterocycles. The summed E-state index contributed by atoms with van der Waals surface area (Å²) < 4.78 is 10.1. The van der Waals surface area contributed by atoms with Gasteiger partial charge in [0.05, 0.1) is 37.5 Å². The number of methoxy groups -OCH3 is 1. The van der Waals surface area contributed by atoms with Gasteiger partial charge in [-0.25, -0.2) is 4.79 Å². The number of Topliss-reactive ketones (excluding diaryl/α,β-unsaturated/α-hetero) is 1. The van der Waals surface area contributed by atoms with E-state index < -0.39 is 23.7 Å². The Morgan fingerprint density at radius 1 is 1.06 bits per heavy atom. The van der Waals surface area contributed by atoms with Crippen LogP contribution in [0.1, 0.15) is 27.5 Å². The molecule has 4 rings (SSSR count). The van der Waals surface area contributed by atoms with Gasteiger partial charge in [0, 0.05) is 44.1 Å². The molecule has 2 aliphatic rings. The summed E-state index contributed by atoms with van der Waals surface area (Å²) in [5.41, 5.74) is 1.37. The fraction of sp³-hybridized carbons (Fsp3) is 0.333.